The summed E-state index contributed by atoms with van der Waals surface area (Å²) in [6, 6.07) is 10.3. The Morgan fingerprint density at radius 3 is 2.59 bits per heavy atom. The van der Waals surface area contributed by atoms with E-state index in [1.165, 1.54) is 5.56 Å². The van der Waals surface area contributed by atoms with Gasteiger partial charge in [-0.2, -0.15) is 5.10 Å². The predicted octanol–water partition coefficient (Wildman–Crippen LogP) is 2.71. The van der Waals surface area contributed by atoms with Gasteiger partial charge in [0.05, 0.1) is 13.1 Å². The normalized spacial score (nSPS) is 11.1. The topological polar surface area (TPSA) is 59.4 Å². The molecule has 0 radical (unpaired) electrons. The average Bonchev–Trinajstić information content (AvgIpc) is 3.00. The number of nitrogens with zero attached hydrogens (tertiary/aromatic N) is 4. The highest BCUT2D eigenvalue weighted by atomic mass is 127. The number of hydrogen-bond donors (Lipinski definition) is 1. The van der Waals surface area contributed by atoms with E-state index in [0.29, 0.717) is 12.5 Å². The molecule has 0 amide bonds. The summed E-state index contributed by atoms with van der Waals surface area (Å²) < 4.78 is 1.91. The molecule has 1 heterocycles. The highest BCUT2D eigenvalue weighted by molar-refractivity contribution is 14.0. The van der Waals surface area contributed by atoms with E-state index in [-0.39, 0.29) is 24.0 Å². The lowest BCUT2D eigenvalue weighted by Gasteiger charge is -2.19. The van der Waals surface area contributed by atoms with Crippen molar-refractivity contribution in [3.8, 4) is 0 Å². The SMILES string of the molecule is CCN(CC)C(N)=NCc1cccc(Cn2cccn2)c1.I. The minimum atomic E-state index is 0. The highest BCUT2D eigenvalue weighted by Crippen LogP contribution is 2.08. The number of nitrogens with two attached hydrogens (primary N) is 1. The Labute approximate surface area is 149 Å². The highest BCUT2D eigenvalue weighted by Gasteiger charge is 2.02. The van der Waals surface area contributed by atoms with E-state index < -0.39 is 0 Å². The number of rotatable bonds is 6. The van der Waals surface area contributed by atoms with Crippen LogP contribution in [0.2, 0.25) is 0 Å². The average molecular weight is 413 g/mol. The Morgan fingerprint density at radius 2 is 1.95 bits per heavy atom. The second-order valence-corrected chi connectivity index (χ2v) is 4.87. The first-order chi connectivity index (χ1) is 10.2. The maximum atomic E-state index is 6.00. The van der Waals surface area contributed by atoms with Crippen LogP contribution in [0.25, 0.3) is 0 Å². The van der Waals surface area contributed by atoms with Crippen LogP contribution >= 0.6 is 24.0 Å². The molecule has 6 heteroatoms. The van der Waals surface area contributed by atoms with Crippen LogP contribution in [0.5, 0.6) is 0 Å². The second kappa shape index (κ2) is 9.45. The fraction of sp³-hybridized carbons (Fsp3) is 0.375. The van der Waals surface area contributed by atoms with Crippen molar-refractivity contribution in [2.24, 2.45) is 10.7 Å². The summed E-state index contributed by atoms with van der Waals surface area (Å²) in [4.78, 5) is 6.52. The van der Waals surface area contributed by atoms with E-state index >= 15 is 0 Å². The van der Waals surface area contributed by atoms with Gasteiger partial charge in [-0.15, -0.1) is 24.0 Å². The smallest absolute Gasteiger partial charge is 0.191 e. The molecule has 0 spiro atoms. The van der Waals surface area contributed by atoms with Gasteiger partial charge in [0.25, 0.3) is 0 Å². The molecular weight excluding hydrogens is 389 g/mol. The molecule has 1 aromatic heterocycles. The largest absolute Gasteiger partial charge is 0.370 e. The molecule has 2 aromatic rings. The van der Waals surface area contributed by atoms with E-state index in [4.69, 9.17) is 5.73 Å². The molecule has 0 bridgehead atoms. The molecule has 0 aliphatic heterocycles. The Balaban J connectivity index is 0.00000242. The quantitative estimate of drug-likeness (QED) is 0.450. The molecule has 0 unspecified atom stereocenters. The molecule has 22 heavy (non-hydrogen) atoms. The summed E-state index contributed by atoms with van der Waals surface area (Å²) in [7, 11) is 0. The van der Waals surface area contributed by atoms with Crippen molar-refractivity contribution in [2.45, 2.75) is 26.9 Å². The third kappa shape index (κ3) is 5.32. The summed E-state index contributed by atoms with van der Waals surface area (Å²) in [6.07, 6.45) is 3.75. The Kier molecular flexibility index (Phi) is 7.94. The number of halogens is 1. The molecule has 2 rings (SSSR count). The first kappa shape index (κ1) is 18.5. The maximum Gasteiger partial charge on any atom is 0.191 e. The lowest BCUT2D eigenvalue weighted by atomic mass is 10.1. The summed E-state index contributed by atoms with van der Waals surface area (Å²) >= 11 is 0. The van der Waals surface area contributed by atoms with Crippen molar-refractivity contribution in [1.29, 1.82) is 0 Å². The van der Waals surface area contributed by atoms with Crippen molar-refractivity contribution in [1.82, 2.24) is 14.7 Å². The van der Waals surface area contributed by atoms with E-state index in [0.717, 1.165) is 25.2 Å². The zero-order valence-corrected chi connectivity index (χ0v) is 15.5. The molecule has 0 atom stereocenters. The zero-order valence-electron chi connectivity index (χ0n) is 13.1. The first-order valence-corrected chi connectivity index (χ1v) is 7.33. The number of aromatic nitrogens is 2. The summed E-state index contributed by atoms with van der Waals surface area (Å²) in [6.45, 7) is 7.30. The standard InChI is InChI=1S/C16H23N5.HI/c1-3-20(4-2)16(17)18-12-14-7-5-8-15(11-14)13-21-10-6-9-19-21;/h5-11H,3-4,12-13H2,1-2H3,(H2,17,18);1H. The maximum absolute atomic E-state index is 6.00. The van der Waals surface area contributed by atoms with Crippen LogP contribution in [0.3, 0.4) is 0 Å². The van der Waals surface area contributed by atoms with E-state index in [2.05, 4.69) is 48.2 Å². The van der Waals surface area contributed by atoms with Gasteiger partial charge < -0.3 is 10.6 Å². The minimum absolute atomic E-state index is 0. The van der Waals surface area contributed by atoms with Crippen LogP contribution in [0.4, 0.5) is 0 Å². The van der Waals surface area contributed by atoms with Gasteiger partial charge in [-0.05, 0) is 31.0 Å². The monoisotopic (exact) mass is 413 g/mol. The van der Waals surface area contributed by atoms with Crippen LogP contribution in [-0.4, -0.2) is 33.7 Å². The molecule has 0 aliphatic carbocycles. The Hall–Kier alpha value is -1.57. The lowest BCUT2D eigenvalue weighted by Crippen LogP contribution is -2.37. The summed E-state index contributed by atoms with van der Waals surface area (Å²) in [5, 5.41) is 4.22. The fourth-order valence-electron chi connectivity index (χ4n) is 2.23. The van der Waals surface area contributed by atoms with Crippen LogP contribution in [0, 0.1) is 0 Å². The number of aliphatic imine (C=N–C) groups is 1. The van der Waals surface area contributed by atoms with Gasteiger partial charge >= 0.3 is 0 Å². The molecule has 0 saturated carbocycles. The molecule has 5 nitrogen and oxygen atoms in total. The fourth-order valence-corrected chi connectivity index (χ4v) is 2.23. The van der Waals surface area contributed by atoms with Crippen LogP contribution < -0.4 is 5.73 Å². The summed E-state index contributed by atoms with van der Waals surface area (Å²) in [5.41, 5.74) is 8.37. The van der Waals surface area contributed by atoms with E-state index in [9.17, 15) is 0 Å². The van der Waals surface area contributed by atoms with Gasteiger partial charge in [-0.3, -0.25) is 4.68 Å². The van der Waals surface area contributed by atoms with Crippen molar-refractivity contribution >= 4 is 29.9 Å². The third-order valence-electron chi connectivity index (χ3n) is 3.41. The summed E-state index contributed by atoms with van der Waals surface area (Å²) in [5.74, 6) is 0.609. The van der Waals surface area contributed by atoms with Crippen LogP contribution in [0.1, 0.15) is 25.0 Å². The van der Waals surface area contributed by atoms with Gasteiger partial charge in [0.1, 0.15) is 0 Å². The molecule has 0 saturated heterocycles. The van der Waals surface area contributed by atoms with E-state index in [1.54, 1.807) is 6.20 Å². The van der Waals surface area contributed by atoms with Gasteiger partial charge in [-0.25, -0.2) is 4.99 Å². The van der Waals surface area contributed by atoms with Gasteiger partial charge in [0.15, 0.2) is 5.96 Å². The molecule has 2 N–H and O–H groups in total. The number of guanidine groups is 1. The molecule has 0 fully saturated rings. The van der Waals surface area contributed by atoms with Crippen LogP contribution in [0.15, 0.2) is 47.7 Å². The Bertz CT molecular complexity index is 576. The van der Waals surface area contributed by atoms with Gasteiger partial charge in [0, 0.05) is 25.5 Å². The van der Waals surface area contributed by atoms with Crippen molar-refractivity contribution in [2.75, 3.05) is 13.1 Å². The molecule has 120 valence electrons. The minimum Gasteiger partial charge on any atom is -0.370 e. The van der Waals surface area contributed by atoms with Crippen molar-refractivity contribution < 1.29 is 0 Å². The second-order valence-electron chi connectivity index (χ2n) is 4.87. The first-order valence-electron chi connectivity index (χ1n) is 7.33. The van der Waals surface area contributed by atoms with E-state index in [1.807, 2.05) is 21.8 Å². The predicted molar refractivity (Wildman–Crippen MR) is 101 cm³/mol. The number of benzene rings is 1. The van der Waals surface area contributed by atoms with Crippen LogP contribution in [-0.2, 0) is 13.1 Å². The zero-order chi connectivity index (χ0) is 15.1. The van der Waals surface area contributed by atoms with Crippen molar-refractivity contribution in [3.63, 3.8) is 0 Å². The van der Waals surface area contributed by atoms with Gasteiger partial charge in [0.2, 0.25) is 0 Å². The molecular formula is C16H24IN5. The Morgan fingerprint density at radius 1 is 1.23 bits per heavy atom. The van der Waals surface area contributed by atoms with Gasteiger partial charge in [-0.1, -0.05) is 24.3 Å². The van der Waals surface area contributed by atoms with Crippen molar-refractivity contribution in [3.05, 3.63) is 53.9 Å². The molecule has 1 aromatic carbocycles. The third-order valence-corrected chi connectivity index (χ3v) is 3.41. The molecule has 0 aliphatic rings. The number of hydrogen-bond acceptors (Lipinski definition) is 2. The lowest BCUT2D eigenvalue weighted by molar-refractivity contribution is 0.458.